The minimum Gasteiger partial charge on any atom is -0.376 e. The van der Waals surface area contributed by atoms with Crippen LogP contribution >= 0.6 is 11.8 Å². The summed E-state index contributed by atoms with van der Waals surface area (Å²) in [5.41, 5.74) is 2.69. The molecule has 1 unspecified atom stereocenters. The normalized spacial score (nSPS) is 18.0. The summed E-state index contributed by atoms with van der Waals surface area (Å²) in [6.07, 6.45) is 3.53. The van der Waals surface area contributed by atoms with Gasteiger partial charge in [-0.25, -0.2) is 0 Å². The third-order valence-corrected chi connectivity index (χ3v) is 5.15. The van der Waals surface area contributed by atoms with Crippen LogP contribution in [0.25, 0.3) is 0 Å². The van der Waals surface area contributed by atoms with Gasteiger partial charge in [0.2, 0.25) is 0 Å². The van der Waals surface area contributed by atoms with Gasteiger partial charge in [-0.1, -0.05) is 43.0 Å². The van der Waals surface area contributed by atoms with E-state index in [1.165, 1.54) is 17.5 Å². The number of aromatic nitrogens is 3. The van der Waals surface area contributed by atoms with E-state index < -0.39 is 0 Å². The molecule has 118 valence electrons. The number of rotatable bonds is 6. The maximum Gasteiger partial charge on any atom is 0.191 e. The van der Waals surface area contributed by atoms with Crippen LogP contribution in [0.3, 0.4) is 0 Å². The molecule has 1 saturated heterocycles. The van der Waals surface area contributed by atoms with Crippen LogP contribution in [0.4, 0.5) is 0 Å². The fraction of sp³-hybridized carbons (Fsp3) is 0.529. The third kappa shape index (κ3) is 3.52. The molecule has 1 aliphatic heterocycles. The SMILES string of the molecule is CCc1nnc(SCc2ccccc2C)n1CC1CCCO1. The van der Waals surface area contributed by atoms with Crippen LogP contribution in [-0.4, -0.2) is 27.5 Å². The minimum atomic E-state index is 0.319. The van der Waals surface area contributed by atoms with Crippen LogP contribution in [0.1, 0.15) is 36.7 Å². The average Bonchev–Trinajstić information content (AvgIpc) is 3.17. The van der Waals surface area contributed by atoms with Crippen LogP contribution in [0.5, 0.6) is 0 Å². The molecule has 1 atom stereocenters. The van der Waals surface area contributed by atoms with Crippen molar-refractivity contribution in [1.29, 1.82) is 0 Å². The molecule has 0 N–H and O–H groups in total. The summed E-state index contributed by atoms with van der Waals surface area (Å²) < 4.78 is 8.03. The van der Waals surface area contributed by atoms with Gasteiger partial charge in [-0.15, -0.1) is 10.2 Å². The fourth-order valence-electron chi connectivity index (χ4n) is 2.78. The Morgan fingerprint density at radius 3 is 2.91 bits per heavy atom. The van der Waals surface area contributed by atoms with Gasteiger partial charge in [0.25, 0.3) is 0 Å². The first kappa shape index (κ1) is 15.6. The van der Waals surface area contributed by atoms with Crippen LogP contribution < -0.4 is 0 Å². The van der Waals surface area contributed by atoms with Crippen LogP contribution in [0, 0.1) is 6.92 Å². The topological polar surface area (TPSA) is 39.9 Å². The van der Waals surface area contributed by atoms with E-state index in [1.54, 1.807) is 11.8 Å². The van der Waals surface area contributed by atoms with Gasteiger partial charge in [-0.2, -0.15) is 0 Å². The van der Waals surface area contributed by atoms with Gasteiger partial charge in [-0.05, 0) is 30.9 Å². The quantitative estimate of drug-likeness (QED) is 0.763. The third-order valence-electron chi connectivity index (χ3n) is 4.14. The Bertz CT molecular complexity index is 620. The fourth-order valence-corrected chi connectivity index (χ4v) is 3.82. The van der Waals surface area contributed by atoms with E-state index in [1.807, 2.05) is 0 Å². The molecule has 5 heteroatoms. The van der Waals surface area contributed by atoms with E-state index in [0.29, 0.717) is 6.10 Å². The Hall–Kier alpha value is -1.33. The van der Waals surface area contributed by atoms with Crippen molar-refractivity contribution in [2.45, 2.75) is 56.7 Å². The summed E-state index contributed by atoms with van der Waals surface area (Å²) in [7, 11) is 0. The van der Waals surface area contributed by atoms with E-state index in [2.05, 4.69) is 52.9 Å². The summed E-state index contributed by atoms with van der Waals surface area (Å²) in [5.74, 6) is 1.99. The second-order valence-corrected chi connectivity index (χ2v) is 6.66. The van der Waals surface area contributed by atoms with Gasteiger partial charge in [0.05, 0.1) is 12.6 Å². The minimum absolute atomic E-state index is 0.319. The number of benzene rings is 1. The summed E-state index contributed by atoms with van der Waals surface area (Å²) >= 11 is 1.77. The molecule has 0 bridgehead atoms. The Kier molecular flexibility index (Phi) is 5.16. The molecule has 0 saturated carbocycles. The molecule has 4 nitrogen and oxygen atoms in total. The molecule has 22 heavy (non-hydrogen) atoms. The zero-order valence-corrected chi connectivity index (χ0v) is 14.1. The van der Waals surface area contributed by atoms with E-state index in [-0.39, 0.29) is 0 Å². The van der Waals surface area contributed by atoms with Crippen molar-refractivity contribution in [3.63, 3.8) is 0 Å². The predicted molar refractivity (Wildman–Crippen MR) is 89.1 cm³/mol. The summed E-state index contributed by atoms with van der Waals surface area (Å²) in [5, 5.41) is 9.75. The highest BCUT2D eigenvalue weighted by molar-refractivity contribution is 7.98. The Labute approximate surface area is 136 Å². The molecular weight excluding hydrogens is 294 g/mol. The standard InChI is InChI=1S/C17H23N3OS/c1-3-16-18-19-17(20(16)11-15-9-6-10-21-15)22-12-14-8-5-4-7-13(14)2/h4-5,7-8,15H,3,6,9-12H2,1-2H3. The molecule has 1 aliphatic rings. The number of thioether (sulfide) groups is 1. The van der Waals surface area contributed by atoms with Crippen molar-refractivity contribution < 1.29 is 4.74 Å². The van der Waals surface area contributed by atoms with Gasteiger partial charge in [-0.3, -0.25) is 0 Å². The zero-order valence-electron chi connectivity index (χ0n) is 13.3. The first-order valence-corrected chi connectivity index (χ1v) is 8.97. The Morgan fingerprint density at radius 1 is 1.32 bits per heavy atom. The molecular formula is C17H23N3OS. The van der Waals surface area contributed by atoms with Gasteiger partial charge in [0.15, 0.2) is 5.16 Å². The highest BCUT2D eigenvalue weighted by Crippen LogP contribution is 2.25. The van der Waals surface area contributed by atoms with Gasteiger partial charge < -0.3 is 9.30 Å². The summed E-state index contributed by atoms with van der Waals surface area (Å²) in [6.45, 7) is 6.06. The summed E-state index contributed by atoms with van der Waals surface area (Å²) in [6, 6.07) is 8.52. The van der Waals surface area contributed by atoms with E-state index in [0.717, 1.165) is 42.7 Å². The Morgan fingerprint density at radius 2 is 2.18 bits per heavy atom. The molecule has 2 heterocycles. The van der Waals surface area contributed by atoms with Crippen molar-refractivity contribution in [2.24, 2.45) is 0 Å². The molecule has 2 aromatic rings. The molecule has 1 aromatic heterocycles. The second-order valence-electron chi connectivity index (χ2n) is 5.71. The van der Waals surface area contributed by atoms with Crippen LogP contribution in [0.15, 0.2) is 29.4 Å². The van der Waals surface area contributed by atoms with E-state index in [4.69, 9.17) is 4.74 Å². The molecule has 3 rings (SSSR count). The predicted octanol–water partition coefficient (Wildman–Crippen LogP) is 3.62. The molecule has 0 spiro atoms. The highest BCUT2D eigenvalue weighted by atomic mass is 32.2. The zero-order chi connectivity index (χ0) is 15.4. The largest absolute Gasteiger partial charge is 0.376 e. The maximum atomic E-state index is 5.78. The van der Waals surface area contributed by atoms with Crippen molar-refractivity contribution in [3.8, 4) is 0 Å². The van der Waals surface area contributed by atoms with Gasteiger partial charge in [0.1, 0.15) is 5.82 Å². The van der Waals surface area contributed by atoms with Gasteiger partial charge >= 0.3 is 0 Å². The van der Waals surface area contributed by atoms with Crippen LogP contribution in [-0.2, 0) is 23.5 Å². The van der Waals surface area contributed by atoms with Crippen molar-refractivity contribution in [3.05, 3.63) is 41.2 Å². The molecule has 1 fully saturated rings. The molecule has 1 aromatic carbocycles. The lowest BCUT2D eigenvalue weighted by Gasteiger charge is -2.14. The highest BCUT2D eigenvalue weighted by Gasteiger charge is 2.20. The van der Waals surface area contributed by atoms with Crippen molar-refractivity contribution in [2.75, 3.05) is 6.61 Å². The van der Waals surface area contributed by atoms with Crippen molar-refractivity contribution in [1.82, 2.24) is 14.8 Å². The number of nitrogens with zero attached hydrogens (tertiary/aromatic N) is 3. The van der Waals surface area contributed by atoms with Gasteiger partial charge in [0, 0.05) is 18.8 Å². The smallest absolute Gasteiger partial charge is 0.191 e. The maximum absolute atomic E-state index is 5.78. The first-order chi connectivity index (χ1) is 10.8. The van der Waals surface area contributed by atoms with Crippen molar-refractivity contribution >= 4 is 11.8 Å². The number of hydrogen-bond donors (Lipinski definition) is 0. The number of hydrogen-bond acceptors (Lipinski definition) is 4. The van der Waals surface area contributed by atoms with E-state index in [9.17, 15) is 0 Å². The van der Waals surface area contributed by atoms with E-state index >= 15 is 0 Å². The molecule has 0 amide bonds. The first-order valence-electron chi connectivity index (χ1n) is 7.99. The lowest BCUT2D eigenvalue weighted by molar-refractivity contribution is 0.0942. The van der Waals surface area contributed by atoms with Crippen LogP contribution in [0.2, 0.25) is 0 Å². The summed E-state index contributed by atoms with van der Waals surface area (Å²) in [4.78, 5) is 0. The molecule has 0 radical (unpaired) electrons. The lowest BCUT2D eigenvalue weighted by Crippen LogP contribution is -2.17. The average molecular weight is 317 g/mol. The molecule has 0 aliphatic carbocycles. The lowest BCUT2D eigenvalue weighted by atomic mass is 10.1. The second kappa shape index (κ2) is 7.29. The number of aryl methyl sites for hydroxylation is 2. The number of ether oxygens (including phenoxy) is 1. The Balaban J connectivity index is 1.72. The monoisotopic (exact) mass is 317 g/mol.